The first-order valence-corrected chi connectivity index (χ1v) is 6.31. The fraction of sp³-hybridized carbons (Fsp3) is 0.462. The summed E-state index contributed by atoms with van der Waals surface area (Å²) in [5.74, 6) is -1.66. The highest BCUT2D eigenvalue weighted by molar-refractivity contribution is 5.75. The Hall–Kier alpha value is -2.02. The van der Waals surface area contributed by atoms with Crippen LogP contribution in [-0.2, 0) is 11.2 Å². The number of piperidine rings is 1. The van der Waals surface area contributed by atoms with Crippen LogP contribution in [0.4, 0.5) is 10.1 Å². The zero-order chi connectivity index (χ0) is 14.8. The second-order valence-corrected chi connectivity index (χ2v) is 5.09. The zero-order valence-corrected chi connectivity index (χ0v) is 10.8. The topological polar surface area (TPSA) is 92.5 Å². The molecule has 0 radical (unpaired) electrons. The summed E-state index contributed by atoms with van der Waals surface area (Å²) >= 11 is 0. The maximum Gasteiger partial charge on any atom is 0.310 e. The Bertz CT molecular complexity index is 541. The van der Waals surface area contributed by atoms with Gasteiger partial charge in [-0.1, -0.05) is 0 Å². The molecule has 1 aliphatic rings. The molecule has 6 nitrogen and oxygen atoms in total. The van der Waals surface area contributed by atoms with Gasteiger partial charge in [0.1, 0.15) is 5.82 Å². The number of nitro groups is 1. The average Bonchev–Trinajstić information content (AvgIpc) is 2.38. The Morgan fingerprint density at radius 2 is 2.05 bits per heavy atom. The molecule has 0 bridgehead atoms. The molecule has 1 heterocycles. The standard InChI is InChI=1S/C13H15FN2O4/c14-10-5-9(6-11(7-10)16(19)20)8-13(12(17)18)1-3-15-4-2-13/h5-7,15H,1-4,8H2,(H,17,18). The van der Waals surface area contributed by atoms with Gasteiger partial charge in [0.05, 0.1) is 16.4 Å². The summed E-state index contributed by atoms with van der Waals surface area (Å²) in [7, 11) is 0. The van der Waals surface area contributed by atoms with Crippen molar-refractivity contribution < 1.29 is 19.2 Å². The third kappa shape index (κ3) is 2.93. The van der Waals surface area contributed by atoms with E-state index in [1.165, 1.54) is 12.1 Å². The first-order valence-electron chi connectivity index (χ1n) is 6.31. The van der Waals surface area contributed by atoms with E-state index in [0.29, 0.717) is 31.5 Å². The van der Waals surface area contributed by atoms with Crippen molar-refractivity contribution in [3.8, 4) is 0 Å². The molecule has 2 N–H and O–H groups in total. The van der Waals surface area contributed by atoms with E-state index < -0.39 is 22.1 Å². The first-order chi connectivity index (χ1) is 9.43. The van der Waals surface area contributed by atoms with Crippen LogP contribution in [0.15, 0.2) is 18.2 Å². The molecule has 0 aromatic heterocycles. The Morgan fingerprint density at radius 1 is 1.40 bits per heavy atom. The lowest BCUT2D eigenvalue weighted by Gasteiger charge is -2.33. The van der Waals surface area contributed by atoms with Gasteiger partial charge in [0, 0.05) is 6.07 Å². The lowest BCUT2D eigenvalue weighted by molar-refractivity contribution is -0.385. The highest BCUT2D eigenvalue weighted by Gasteiger charge is 2.39. The minimum Gasteiger partial charge on any atom is -0.481 e. The molecule has 0 spiro atoms. The van der Waals surface area contributed by atoms with E-state index in [0.717, 1.165) is 6.07 Å². The maximum atomic E-state index is 13.4. The smallest absolute Gasteiger partial charge is 0.310 e. The molecule has 0 unspecified atom stereocenters. The molecular formula is C13H15FN2O4. The second kappa shape index (κ2) is 5.54. The van der Waals surface area contributed by atoms with Crippen LogP contribution in [0.1, 0.15) is 18.4 Å². The van der Waals surface area contributed by atoms with Gasteiger partial charge in [-0.15, -0.1) is 0 Å². The van der Waals surface area contributed by atoms with Crippen molar-refractivity contribution in [1.82, 2.24) is 5.32 Å². The number of non-ortho nitro benzene ring substituents is 1. The lowest BCUT2D eigenvalue weighted by Crippen LogP contribution is -2.43. The maximum absolute atomic E-state index is 13.4. The van der Waals surface area contributed by atoms with E-state index in [2.05, 4.69) is 5.32 Å². The van der Waals surface area contributed by atoms with Gasteiger partial charge in [-0.05, 0) is 44.0 Å². The van der Waals surface area contributed by atoms with Crippen LogP contribution >= 0.6 is 0 Å². The lowest BCUT2D eigenvalue weighted by atomic mass is 9.74. The number of aliphatic carboxylic acids is 1. The molecule has 0 saturated carbocycles. The summed E-state index contributed by atoms with van der Waals surface area (Å²) in [5, 5.41) is 23.2. The molecule has 1 saturated heterocycles. The number of rotatable bonds is 4. The molecule has 1 fully saturated rings. The predicted molar refractivity (Wildman–Crippen MR) is 68.9 cm³/mol. The summed E-state index contributed by atoms with van der Waals surface area (Å²) in [4.78, 5) is 21.6. The molecule has 1 aromatic carbocycles. The van der Waals surface area contributed by atoms with E-state index in [9.17, 15) is 24.4 Å². The number of carboxylic acid groups (broad SMARTS) is 1. The number of nitro benzene ring substituents is 1. The van der Waals surface area contributed by atoms with Crippen LogP contribution in [0, 0.1) is 21.3 Å². The molecule has 0 aliphatic carbocycles. The summed E-state index contributed by atoms with van der Waals surface area (Å²) in [5.41, 5.74) is -0.983. The summed E-state index contributed by atoms with van der Waals surface area (Å²) in [6.07, 6.45) is 0.946. The van der Waals surface area contributed by atoms with Crippen LogP contribution in [0.2, 0.25) is 0 Å². The van der Waals surface area contributed by atoms with Gasteiger partial charge >= 0.3 is 5.97 Å². The third-order valence-corrected chi connectivity index (χ3v) is 3.71. The molecular weight excluding hydrogens is 267 g/mol. The summed E-state index contributed by atoms with van der Waals surface area (Å²) in [6.45, 7) is 1.15. The molecule has 1 aromatic rings. The fourth-order valence-electron chi connectivity index (χ4n) is 2.60. The van der Waals surface area contributed by atoms with Gasteiger partial charge in [0.25, 0.3) is 5.69 Å². The van der Waals surface area contributed by atoms with Gasteiger partial charge in [0.15, 0.2) is 0 Å². The zero-order valence-electron chi connectivity index (χ0n) is 10.8. The van der Waals surface area contributed by atoms with Gasteiger partial charge in [-0.3, -0.25) is 14.9 Å². The SMILES string of the molecule is O=C(O)C1(Cc2cc(F)cc([N+](=O)[O-])c2)CCNCC1. The van der Waals surface area contributed by atoms with Crippen LogP contribution in [0.3, 0.4) is 0 Å². The quantitative estimate of drug-likeness (QED) is 0.648. The van der Waals surface area contributed by atoms with Crippen molar-refractivity contribution in [2.24, 2.45) is 5.41 Å². The van der Waals surface area contributed by atoms with Gasteiger partial charge in [0.2, 0.25) is 0 Å². The molecule has 1 aliphatic heterocycles. The summed E-state index contributed by atoms with van der Waals surface area (Å²) in [6, 6.07) is 3.24. The van der Waals surface area contributed by atoms with Crippen LogP contribution in [0.5, 0.6) is 0 Å². The highest BCUT2D eigenvalue weighted by Crippen LogP contribution is 2.34. The largest absolute Gasteiger partial charge is 0.481 e. The van der Waals surface area contributed by atoms with Crippen molar-refractivity contribution in [1.29, 1.82) is 0 Å². The number of benzene rings is 1. The number of hydrogen-bond acceptors (Lipinski definition) is 4. The minimum absolute atomic E-state index is 0.0998. The number of nitrogens with zero attached hydrogens (tertiary/aromatic N) is 1. The van der Waals surface area contributed by atoms with Crippen molar-refractivity contribution in [2.45, 2.75) is 19.3 Å². The minimum atomic E-state index is -0.979. The van der Waals surface area contributed by atoms with Gasteiger partial charge in [-0.25, -0.2) is 4.39 Å². The molecule has 7 heteroatoms. The normalized spacial score (nSPS) is 17.6. The average molecular weight is 282 g/mol. The van der Waals surface area contributed by atoms with E-state index in [4.69, 9.17) is 0 Å². The molecule has 2 rings (SSSR count). The van der Waals surface area contributed by atoms with Gasteiger partial charge in [-0.2, -0.15) is 0 Å². The van der Waals surface area contributed by atoms with Crippen molar-refractivity contribution in [3.63, 3.8) is 0 Å². The van der Waals surface area contributed by atoms with E-state index in [-0.39, 0.29) is 12.1 Å². The predicted octanol–water partition coefficient (Wildman–Crippen LogP) is 1.73. The number of nitrogens with one attached hydrogen (secondary N) is 1. The molecule has 0 amide bonds. The van der Waals surface area contributed by atoms with Crippen LogP contribution < -0.4 is 5.32 Å². The van der Waals surface area contributed by atoms with E-state index in [1.807, 2.05) is 0 Å². The van der Waals surface area contributed by atoms with Crippen molar-refractivity contribution in [2.75, 3.05) is 13.1 Å². The molecule has 108 valence electrons. The van der Waals surface area contributed by atoms with E-state index >= 15 is 0 Å². The molecule has 20 heavy (non-hydrogen) atoms. The Morgan fingerprint density at radius 3 is 2.60 bits per heavy atom. The van der Waals surface area contributed by atoms with Crippen LogP contribution in [-0.4, -0.2) is 29.1 Å². The Kier molecular flexibility index (Phi) is 3.99. The highest BCUT2D eigenvalue weighted by atomic mass is 19.1. The van der Waals surface area contributed by atoms with Crippen molar-refractivity contribution >= 4 is 11.7 Å². The Balaban J connectivity index is 2.31. The number of carboxylic acids is 1. The molecule has 0 atom stereocenters. The van der Waals surface area contributed by atoms with Crippen LogP contribution in [0.25, 0.3) is 0 Å². The number of hydrogen-bond donors (Lipinski definition) is 2. The third-order valence-electron chi connectivity index (χ3n) is 3.71. The van der Waals surface area contributed by atoms with Crippen molar-refractivity contribution in [3.05, 3.63) is 39.7 Å². The van der Waals surface area contributed by atoms with Gasteiger partial charge < -0.3 is 10.4 Å². The first kappa shape index (κ1) is 14.4. The second-order valence-electron chi connectivity index (χ2n) is 5.09. The monoisotopic (exact) mass is 282 g/mol. The Labute approximate surface area is 114 Å². The number of carbonyl (C=O) groups is 1. The van der Waals surface area contributed by atoms with E-state index in [1.54, 1.807) is 0 Å². The fourth-order valence-corrected chi connectivity index (χ4v) is 2.60. The number of halogens is 1. The summed E-state index contributed by atoms with van der Waals surface area (Å²) < 4.78 is 13.4.